The molecular weight excluding hydrogens is 250 g/mol. The molecule has 94 valence electrons. The van der Waals surface area contributed by atoms with E-state index in [0.717, 1.165) is 17.7 Å². The van der Waals surface area contributed by atoms with E-state index in [4.69, 9.17) is 16.7 Å². The van der Waals surface area contributed by atoms with Gasteiger partial charge in [0.25, 0.3) is 0 Å². The minimum Gasteiger partial charge on any atom is -0.477 e. The molecule has 2 aromatic rings. The summed E-state index contributed by atoms with van der Waals surface area (Å²) < 4.78 is 1.80. The first-order valence-electron chi connectivity index (χ1n) is 5.83. The maximum Gasteiger partial charge on any atom is 0.352 e. The first-order chi connectivity index (χ1) is 8.65. The lowest BCUT2D eigenvalue weighted by atomic mass is 10.1. The number of carbonyl (C=O) groups is 1. The van der Waals surface area contributed by atoms with Gasteiger partial charge in [0.05, 0.1) is 5.69 Å². The van der Waals surface area contributed by atoms with Gasteiger partial charge in [0.2, 0.25) is 0 Å². The van der Waals surface area contributed by atoms with Gasteiger partial charge in [-0.05, 0) is 24.6 Å². The molecule has 0 amide bonds. The molecule has 0 spiro atoms. The Balaban J connectivity index is 2.58. The number of rotatable bonds is 4. The van der Waals surface area contributed by atoms with Crippen molar-refractivity contribution in [2.24, 2.45) is 0 Å². The standard InChI is InChI=1S/C14H14ClNO2/c1-2-9-16-12(7-8-13(16)14(17)18)10-5-3-4-6-11(10)15/h3-8H,2,9H2,1H3,(H,17,18). The smallest absolute Gasteiger partial charge is 0.352 e. The number of halogens is 1. The largest absolute Gasteiger partial charge is 0.477 e. The molecule has 1 N–H and O–H groups in total. The van der Waals surface area contributed by atoms with E-state index in [0.29, 0.717) is 17.3 Å². The predicted octanol–water partition coefficient (Wildman–Crippen LogP) is 3.92. The normalized spacial score (nSPS) is 10.6. The lowest BCUT2D eigenvalue weighted by Gasteiger charge is -2.11. The van der Waals surface area contributed by atoms with Crippen LogP contribution in [0, 0.1) is 0 Å². The van der Waals surface area contributed by atoms with Crippen LogP contribution in [0.2, 0.25) is 5.02 Å². The summed E-state index contributed by atoms with van der Waals surface area (Å²) in [7, 11) is 0. The third kappa shape index (κ3) is 2.27. The summed E-state index contributed by atoms with van der Waals surface area (Å²) >= 11 is 6.16. The monoisotopic (exact) mass is 263 g/mol. The van der Waals surface area contributed by atoms with Crippen LogP contribution in [0.25, 0.3) is 11.3 Å². The van der Waals surface area contributed by atoms with E-state index in [1.807, 2.05) is 25.1 Å². The quantitative estimate of drug-likeness (QED) is 0.908. The van der Waals surface area contributed by atoms with Crippen LogP contribution in [-0.2, 0) is 6.54 Å². The van der Waals surface area contributed by atoms with Crippen LogP contribution >= 0.6 is 11.6 Å². The second kappa shape index (κ2) is 5.27. The fourth-order valence-corrected chi connectivity index (χ4v) is 2.26. The molecule has 4 heteroatoms. The van der Waals surface area contributed by atoms with Crippen molar-refractivity contribution in [3.63, 3.8) is 0 Å². The maximum absolute atomic E-state index is 11.2. The summed E-state index contributed by atoms with van der Waals surface area (Å²) in [5.41, 5.74) is 2.01. The van der Waals surface area contributed by atoms with Gasteiger partial charge in [-0.15, -0.1) is 0 Å². The van der Waals surface area contributed by atoms with E-state index in [9.17, 15) is 4.79 Å². The highest BCUT2D eigenvalue weighted by Crippen LogP contribution is 2.29. The minimum atomic E-state index is -0.915. The Morgan fingerprint density at radius 3 is 2.61 bits per heavy atom. The Morgan fingerprint density at radius 1 is 1.28 bits per heavy atom. The molecule has 0 bridgehead atoms. The fourth-order valence-electron chi connectivity index (χ4n) is 2.02. The third-order valence-electron chi connectivity index (χ3n) is 2.80. The number of aromatic nitrogens is 1. The Morgan fingerprint density at radius 2 is 2.00 bits per heavy atom. The second-order valence-electron chi connectivity index (χ2n) is 4.04. The Hall–Kier alpha value is -1.74. The van der Waals surface area contributed by atoms with Crippen molar-refractivity contribution in [2.75, 3.05) is 0 Å². The predicted molar refractivity (Wildman–Crippen MR) is 72.1 cm³/mol. The van der Waals surface area contributed by atoms with Crippen molar-refractivity contribution < 1.29 is 9.90 Å². The van der Waals surface area contributed by atoms with Gasteiger partial charge in [0.15, 0.2) is 0 Å². The van der Waals surface area contributed by atoms with Crippen molar-refractivity contribution in [3.05, 3.63) is 47.1 Å². The van der Waals surface area contributed by atoms with Crippen molar-refractivity contribution >= 4 is 17.6 Å². The highest BCUT2D eigenvalue weighted by Gasteiger charge is 2.15. The Labute approximate surface area is 111 Å². The molecule has 0 fully saturated rings. The summed E-state index contributed by atoms with van der Waals surface area (Å²) in [6.45, 7) is 2.68. The molecule has 0 saturated carbocycles. The number of benzene rings is 1. The van der Waals surface area contributed by atoms with Crippen LogP contribution < -0.4 is 0 Å². The maximum atomic E-state index is 11.2. The third-order valence-corrected chi connectivity index (χ3v) is 3.13. The average molecular weight is 264 g/mol. The molecule has 1 aromatic heterocycles. The molecular formula is C14H14ClNO2. The van der Waals surface area contributed by atoms with Crippen molar-refractivity contribution in [2.45, 2.75) is 19.9 Å². The first kappa shape index (κ1) is 12.7. The lowest BCUT2D eigenvalue weighted by Crippen LogP contribution is -2.09. The van der Waals surface area contributed by atoms with Gasteiger partial charge in [-0.1, -0.05) is 36.7 Å². The molecule has 2 rings (SSSR count). The Bertz CT molecular complexity index is 575. The van der Waals surface area contributed by atoms with Gasteiger partial charge < -0.3 is 9.67 Å². The van der Waals surface area contributed by atoms with Crippen molar-refractivity contribution in [1.82, 2.24) is 4.57 Å². The van der Waals surface area contributed by atoms with Gasteiger partial charge in [-0.25, -0.2) is 4.79 Å². The topological polar surface area (TPSA) is 42.2 Å². The van der Waals surface area contributed by atoms with Gasteiger partial charge in [-0.2, -0.15) is 0 Å². The molecule has 3 nitrogen and oxygen atoms in total. The zero-order valence-corrected chi connectivity index (χ0v) is 10.8. The zero-order chi connectivity index (χ0) is 13.1. The highest BCUT2D eigenvalue weighted by molar-refractivity contribution is 6.33. The molecule has 0 radical (unpaired) electrons. The SMILES string of the molecule is CCCn1c(C(=O)O)ccc1-c1ccccc1Cl. The van der Waals surface area contributed by atoms with Gasteiger partial charge in [0, 0.05) is 17.1 Å². The number of carboxylic acids is 1. The number of nitrogens with zero attached hydrogens (tertiary/aromatic N) is 1. The number of carboxylic acid groups (broad SMARTS) is 1. The van der Waals surface area contributed by atoms with Crippen LogP contribution in [0.3, 0.4) is 0 Å². The zero-order valence-electron chi connectivity index (χ0n) is 10.1. The van der Waals surface area contributed by atoms with Gasteiger partial charge in [0.1, 0.15) is 5.69 Å². The number of hydrogen-bond acceptors (Lipinski definition) is 1. The summed E-state index contributed by atoms with van der Waals surface area (Å²) in [5, 5.41) is 9.80. The lowest BCUT2D eigenvalue weighted by molar-refractivity contribution is 0.0685. The molecule has 0 aliphatic rings. The van der Waals surface area contributed by atoms with Crippen LogP contribution in [0.4, 0.5) is 0 Å². The summed E-state index contributed by atoms with van der Waals surface area (Å²) in [4.78, 5) is 11.2. The molecule has 0 saturated heterocycles. The number of aromatic carboxylic acids is 1. The minimum absolute atomic E-state index is 0.298. The summed E-state index contributed by atoms with van der Waals surface area (Å²) in [6.07, 6.45) is 0.867. The van der Waals surface area contributed by atoms with Crippen molar-refractivity contribution in [1.29, 1.82) is 0 Å². The molecule has 1 heterocycles. The highest BCUT2D eigenvalue weighted by atomic mass is 35.5. The van der Waals surface area contributed by atoms with E-state index >= 15 is 0 Å². The molecule has 1 aromatic carbocycles. The molecule has 0 unspecified atom stereocenters. The fraction of sp³-hybridized carbons (Fsp3) is 0.214. The van der Waals surface area contributed by atoms with E-state index in [-0.39, 0.29) is 0 Å². The summed E-state index contributed by atoms with van der Waals surface area (Å²) in [6, 6.07) is 10.9. The Kier molecular flexibility index (Phi) is 3.72. The molecule has 0 aliphatic heterocycles. The van der Waals surface area contributed by atoms with E-state index < -0.39 is 5.97 Å². The second-order valence-corrected chi connectivity index (χ2v) is 4.45. The van der Waals surface area contributed by atoms with E-state index in [2.05, 4.69) is 0 Å². The van der Waals surface area contributed by atoms with E-state index in [1.54, 1.807) is 22.8 Å². The van der Waals surface area contributed by atoms with Crippen LogP contribution in [0.1, 0.15) is 23.8 Å². The van der Waals surface area contributed by atoms with Crippen LogP contribution in [-0.4, -0.2) is 15.6 Å². The average Bonchev–Trinajstić information content (AvgIpc) is 2.74. The molecule has 18 heavy (non-hydrogen) atoms. The summed E-state index contributed by atoms with van der Waals surface area (Å²) in [5.74, 6) is -0.915. The van der Waals surface area contributed by atoms with Gasteiger partial charge in [-0.3, -0.25) is 0 Å². The van der Waals surface area contributed by atoms with Crippen LogP contribution in [0.5, 0.6) is 0 Å². The van der Waals surface area contributed by atoms with Gasteiger partial charge >= 0.3 is 5.97 Å². The number of hydrogen-bond donors (Lipinski definition) is 1. The molecule has 0 aliphatic carbocycles. The van der Waals surface area contributed by atoms with E-state index in [1.165, 1.54) is 0 Å². The molecule has 0 atom stereocenters. The first-order valence-corrected chi connectivity index (χ1v) is 6.20. The van der Waals surface area contributed by atoms with Crippen molar-refractivity contribution in [3.8, 4) is 11.3 Å². The van der Waals surface area contributed by atoms with Crippen LogP contribution in [0.15, 0.2) is 36.4 Å².